The average Bonchev–Trinajstić information content (AvgIpc) is 2.94. The largest absolute Gasteiger partial charge is 0.466 e. The van der Waals surface area contributed by atoms with Gasteiger partial charge in [-0.2, -0.15) is 0 Å². The molecular weight excluding hydrogens is 390 g/mol. The summed E-state index contributed by atoms with van der Waals surface area (Å²) in [6, 6.07) is 5.49. The summed E-state index contributed by atoms with van der Waals surface area (Å²) in [5.74, 6) is -0.995. The van der Waals surface area contributed by atoms with Crippen LogP contribution in [-0.4, -0.2) is 60.4 Å². The summed E-state index contributed by atoms with van der Waals surface area (Å²) in [7, 11) is 1.25. The molecule has 3 N–H and O–H groups in total. The number of rotatable bonds is 7. The first-order valence-corrected chi connectivity index (χ1v) is 9.60. The summed E-state index contributed by atoms with van der Waals surface area (Å²) >= 11 is 0. The van der Waals surface area contributed by atoms with Crippen molar-refractivity contribution in [1.29, 1.82) is 0 Å². The van der Waals surface area contributed by atoms with Gasteiger partial charge in [0.2, 0.25) is 0 Å². The first-order valence-electron chi connectivity index (χ1n) is 9.60. The minimum absolute atomic E-state index is 0.0628. The molecule has 1 aliphatic heterocycles. The van der Waals surface area contributed by atoms with Gasteiger partial charge in [-0.1, -0.05) is 6.07 Å². The number of anilines is 1. The Morgan fingerprint density at radius 3 is 2.53 bits per heavy atom. The maximum Gasteiger partial charge on any atom is 0.407 e. The summed E-state index contributed by atoms with van der Waals surface area (Å²) in [4.78, 5) is 38.0. The lowest BCUT2D eigenvalue weighted by Crippen LogP contribution is -2.32. The van der Waals surface area contributed by atoms with Crippen molar-refractivity contribution in [3.63, 3.8) is 0 Å². The van der Waals surface area contributed by atoms with Gasteiger partial charge < -0.3 is 30.1 Å². The number of β-amino-alcohol motifs (C(OH)–C–C–N with tert-alkyl or cyclic N) is 1. The lowest BCUT2D eigenvalue weighted by molar-refractivity contribution is -0.136. The second-order valence-corrected chi connectivity index (χ2v) is 7.98. The van der Waals surface area contributed by atoms with E-state index < -0.39 is 17.7 Å². The number of carbonyl (C=O) groups is 3. The van der Waals surface area contributed by atoms with Crippen molar-refractivity contribution in [3.8, 4) is 0 Å². The van der Waals surface area contributed by atoms with Crippen LogP contribution in [0.1, 0.15) is 31.9 Å². The van der Waals surface area contributed by atoms with E-state index in [-0.39, 0.29) is 43.4 Å². The SMILES string of the molecule is COC(=O)C1=C(Nc2cc(C)cc(CNC(=O)OC(C)(C)C)c2)C(=O)N(CCO)C1. The van der Waals surface area contributed by atoms with E-state index >= 15 is 0 Å². The van der Waals surface area contributed by atoms with Gasteiger partial charge in [0.05, 0.1) is 25.8 Å². The highest BCUT2D eigenvalue weighted by Crippen LogP contribution is 2.24. The molecule has 2 amide bonds. The Morgan fingerprint density at radius 2 is 1.93 bits per heavy atom. The van der Waals surface area contributed by atoms with Crippen LogP contribution in [0.25, 0.3) is 0 Å². The summed E-state index contributed by atoms with van der Waals surface area (Å²) < 4.78 is 10.0. The van der Waals surface area contributed by atoms with E-state index in [2.05, 4.69) is 10.6 Å². The van der Waals surface area contributed by atoms with Gasteiger partial charge in [0, 0.05) is 18.8 Å². The average molecular weight is 419 g/mol. The molecule has 0 radical (unpaired) electrons. The molecule has 164 valence electrons. The molecule has 30 heavy (non-hydrogen) atoms. The standard InChI is InChI=1S/C21H29N3O6/c1-13-8-14(11-22-20(28)30-21(2,3)4)10-15(9-13)23-17-16(19(27)29-5)12-24(6-7-25)18(17)26/h8-10,23,25H,6-7,11-12H2,1-5H3,(H,22,28). The number of benzene rings is 1. The van der Waals surface area contributed by atoms with E-state index in [1.54, 1.807) is 26.8 Å². The number of aryl methyl sites for hydroxylation is 1. The topological polar surface area (TPSA) is 117 Å². The van der Waals surface area contributed by atoms with Crippen molar-refractivity contribution in [1.82, 2.24) is 10.2 Å². The van der Waals surface area contributed by atoms with Crippen molar-refractivity contribution < 1.29 is 29.0 Å². The number of ether oxygens (including phenoxy) is 2. The van der Waals surface area contributed by atoms with E-state index in [1.165, 1.54) is 12.0 Å². The van der Waals surface area contributed by atoms with Crippen molar-refractivity contribution in [3.05, 3.63) is 40.6 Å². The Labute approximate surface area is 176 Å². The van der Waals surface area contributed by atoms with Gasteiger partial charge >= 0.3 is 12.1 Å². The van der Waals surface area contributed by atoms with Crippen LogP contribution in [0, 0.1) is 6.92 Å². The molecule has 0 unspecified atom stereocenters. The molecule has 1 aromatic carbocycles. The molecule has 2 rings (SSSR count). The molecule has 0 aliphatic carbocycles. The van der Waals surface area contributed by atoms with Gasteiger partial charge in [0.25, 0.3) is 5.91 Å². The van der Waals surface area contributed by atoms with E-state index in [0.29, 0.717) is 5.69 Å². The Balaban J connectivity index is 2.19. The molecule has 1 aromatic rings. The van der Waals surface area contributed by atoms with E-state index in [1.807, 2.05) is 19.1 Å². The third-order valence-electron chi connectivity index (χ3n) is 4.20. The Kier molecular flexibility index (Phi) is 7.44. The molecule has 1 aliphatic rings. The molecule has 0 saturated heterocycles. The number of methoxy groups -OCH3 is 1. The highest BCUT2D eigenvalue weighted by atomic mass is 16.6. The van der Waals surface area contributed by atoms with E-state index in [4.69, 9.17) is 14.6 Å². The van der Waals surface area contributed by atoms with Crippen molar-refractivity contribution in [2.45, 2.75) is 39.8 Å². The predicted molar refractivity (Wildman–Crippen MR) is 111 cm³/mol. The maximum absolute atomic E-state index is 12.7. The van der Waals surface area contributed by atoms with Crippen LogP contribution in [0.5, 0.6) is 0 Å². The Hall–Kier alpha value is -3.07. The molecule has 0 fully saturated rings. The zero-order chi connectivity index (χ0) is 22.5. The zero-order valence-corrected chi connectivity index (χ0v) is 18.0. The van der Waals surface area contributed by atoms with Crippen molar-refractivity contribution in [2.24, 2.45) is 0 Å². The number of nitrogens with one attached hydrogen (secondary N) is 2. The van der Waals surface area contributed by atoms with Crippen LogP contribution in [-0.2, 0) is 25.6 Å². The zero-order valence-electron chi connectivity index (χ0n) is 18.0. The first kappa shape index (κ1) is 23.2. The molecule has 0 saturated carbocycles. The quantitative estimate of drug-likeness (QED) is 0.576. The third kappa shape index (κ3) is 6.21. The van der Waals surface area contributed by atoms with Crippen LogP contribution in [0.4, 0.5) is 10.5 Å². The number of hydrogen-bond donors (Lipinski definition) is 3. The van der Waals surface area contributed by atoms with Crippen LogP contribution in [0.2, 0.25) is 0 Å². The number of alkyl carbamates (subject to hydrolysis) is 1. The summed E-state index contributed by atoms with van der Waals surface area (Å²) in [6.07, 6.45) is -0.528. The van der Waals surface area contributed by atoms with Crippen molar-refractivity contribution >= 4 is 23.7 Å². The third-order valence-corrected chi connectivity index (χ3v) is 4.20. The number of carbonyl (C=O) groups excluding carboxylic acids is 3. The van der Waals surface area contributed by atoms with Crippen LogP contribution >= 0.6 is 0 Å². The molecule has 9 heteroatoms. The van der Waals surface area contributed by atoms with E-state index in [9.17, 15) is 14.4 Å². The van der Waals surface area contributed by atoms with E-state index in [0.717, 1.165) is 11.1 Å². The minimum Gasteiger partial charge on any atom is -0.466 e. The summed E-state index contributed by atoms with van der Waals surface area (Å²) in [5, 5.41) is 14.9. The van der Waals surface area contributed by atoms with Gasteiger partial charge in [0.1, 0.15) is 11.3 Å². The minimum atomic E-state index is -0.606. The van der Waals surface area contributed by atoms with Crippen molar-refractivity contribution in [2.75, 3.05) is 32.1 Å². The predicted octanol–water partition coefficient (Wildman–Crippen LogP) is 1.69. The van der Waals surface area contributed by atoms with Gasteiger partial charge in [-0.25, -0.2) is 9.59 Å². The number of amides is 2. The van der Waals surface area contributed by atoms with Crippen LogP contribution in [0.3, 0.4) is 0 Å². The number of nitrogens with zero attached hydrogens (tertiary/aromatic N) is 1. The fraction of sp³-hybridized carbons (Fsp3) is 0.476. The summed E-state index contributed by atoms with van der Waals surface area (Å²) in [6.45, 7) is 7.44. The number of esters is 1. The second kappa shape index (κ2) is 9.62. The molecule has 9 nitrogen and oxygen atoms in total. The normalized spacial score (nSPS) is 14.1. The lowest BCUT2D eigenvalue weighted by atomic mass is 10.1. The van der Waals surface area contributed by atoms with Gasteiger partial charge in [0.15, 0.2) is 0 Å². The fourth-order valence-electron chi connectivity index (χ4n) is 3.02. The smallest absolute Gasteiger partial charge is 0.407 e. The summed E-state index contributed by atoms with van der Waals surface area (Å²) in [5.41, 5.74) is 2.01. The van der Waals surface area contributed by atoms with Crippen LogP contribution < -0.4 is 10.6 Å². The van der Waals surface area contributed by atoms with Crippen LogP contribution in [0.15, 0.2) is 29.5 Å². The molecule has 0 bridgehead atoms. The van der Waals surface area contributed by atoms with Gasteiger partial charge in [-0.3, -0.25) is 4.79 Å². The molecule has 1 heterocycles. The number of hydrogen-bond acceptors (Lipinski definition) is 7. The lowest BCUT2D eigenvalue weighted by Gasteiger charge is -2.20. The molecule has 0 spiro atoms. The molecule has 0 aromatic heterocycles. The molecule has 0 atom stereocenters. The maximum atomic E-state index is 12.7. The second-order valence-electron chi connectivity index (χ2n) is 7.98. The first-order chi connectivity index (χ1) is 14.0. The molecular formula is C21H29N3O6. The van der Waals surface area contributed by atoms with Gasteiger partial charge in [-0.15, -0.1) is 0 Å². The monoisotopic (exact) mass is 419 g/mol. The Bertz CT molecular complexity index is 857. The highest BCUT2D eigenvalue weighted by molar-refractivity contribution is 6.08. The highest BCUT2D eigenvalue weighted by Gasteiger charge is 2.34. The number of aliphatic hydroxyl groups excluding tert-OH is 1. The fourth-order valence-corrected chi connectivity index (χ4v) is 3.02. The van der Waals surface area contributed by atoms with Gasteiger partial charge in [-0.05, 0) is 51.0 Å². The number of aliphatic hydroxyl groups is 1. The Morgan fingerprint density at radius 1 is 1.23 bits per heavy atom.